The van der Waals surface area contributed by atoms with Crippen LogP contribution in [0.4, 0.5) is 0 Å². The van der Waals surface area contributed by atoms with Gasteiger partial charge in [0.2, 0.25) is 0 Å². The molecule has 0 unspecified atom stereocenters. The number of aryl methyl sites for hydroxylation is 2. The van der Waals surface area contributed by atoms with Gasteiger partial charge in [0.25, 0.3) is 5.91 Å². The minimum Gasteiger partial charge on any atom is -0.337 e. The van der Waals surface area contributed by atoms with Crippen molar-refractivity contribution in [3.8, 4) is 0 Å². The molecule has 1 saturated carbocycles. The smallest absolute Gasteiger partial charge is 0.257 e. The molecule has 1 atom stereocenters. The summed E-state index contributed by atoms with van der Waals surface area (Å²) in [6.45, 7) is 5.45. The first-order valence-corrected chi connectivity index (χ1v) is 9.13. The largest absolute Gasteiger partial charge is 0.337 e. The van der Waals surface area contributed by atoms with Crippen LogP contribution < -0.4 is 5.32 Å². The summed E-state index contributed by atoms with van der Waals surface area (Å²) in [6.07, 6.45) is 10.7. The molecule has 7 heteroatoms. The van der Waals surface area contributed by atoms with Gasteiger partial charge in [0.15, 0.2) is 0 Å². The lowest BCUT2D eigenvalue weighted by Gasteiger charge is -2.29. The molecule has 1 amide bonds. The highest BCUT2D eigenvalue weighted by molar-refractivity contribution is 5.94. The normalized spacial score (nSPS) is 21.4. The van der Waals surface area contributed by atoms with E-state index >= 15 is 0 Å². The van der Waals surface area contributed by atoms with Gasteiger partial charge in [-0.25, -0.2) is 4.98 Å². The Bertz CT molecular complexity index is 757. The zero-order valence-electron chi connectivity index (χ0n) is 15.0. The third kappa shape index (κ3) is 2.97. The molecular weight excluding hydrogens is 316 g/mol. The van der Waals surface area contributed by atoms with Crippen molar-refractivity contribution in [2.24, 2.45) is 12.5 Å². The van der Waals surface area contributed by atoms with E-state index in [4.69, 9.17) is 0 Å². The summed E-state index contributed by atoms with van der Waals surface area (Å²) in [4.78, 5) is 19.7. The van der Waals surface area contributed by atoms with E-state index in [9.17, 15) is 4.79 Å². The number of carbonyl (C=O) groups is 1. The van der Waals surface area contributed by atoms with Crippen LogP contribution in [-0.4, -0.2) is 49.3 Å². The number of imidazole rings is 1. The van der Waals surface area contributed by atoms with Gasteiger partial charge in [-0.2, -0.15) is 5.10 Å². The van der Waals surface area contributed by atoms with Crippen LogP contribution in [0, 0.1) is 5.41 Å². The number of nitrogens with one attached hydrogen (secondary N) is 1. The molecule has 134 valence electrons. The molecule has 1 aliphatic carbocycles. The summed E-state index contributed by atoms with van der Waals surface area (Å²) >= 11 is 0. The Balaban J connectivity index is 1.59. The first kappa shape index (κ1) is 16.3. The van der Waals surface area contributed by atoms with Crippen LogP contribution in [0.25, 0.3) is 0 Å². The van der Waals surface area contributed by atoms with Gasteiger partial charge in [-0.15, -0.1) is 0 Å². The first-order valence-electron chi connectivity index (χ1n) is 9.13. The lowest BCUT2D eigenvalue weighted by Crippen LogP contribution is -2.39. The van der Waals surface area contributed by atoms with Crippen molar-refractivity contribution in [1.82, 2.24) is 29.5 Å². The van der Waals surface area contributed by atoms with E-state index in [1.54, 1.807) is 17.1 Å². The highest BCUT2D eigenvalue weighted by Crippen LogP contribution is 2.56. The van der Waals surface area contributed by atoms with Gasteiger partial charge in [-0.3, -0.25) is 9.48 Å². The monoisotopic (exact) mass is 342 g/mol. The van der Waals surface area contributed by atoms with Crippen LogP contribution in [0.3, 0.4) is 0 Å². The molecule has 4 rings (SSSR count). The van der Waals surface area contributed by atoms with Crippen molar-refractivity contribution in [3.05, 3.63) is 36.2 Å². The Morgan fingerprint density at radius 3 is 2.88 bits per heavy atom. The molecule has 0 bridgehead atoms. The van der Waals surface area contributed by atoms with Gasteiger partial charge in [0.05, 0.1) is 18.3 Å². The minimum absolute atomic E-state index is 0.0723. The average Bonchev–Trinajstić information content (AvgIpc) is 3.00. The lowest BCUT2D eigenvalue weighted by atomic mass is 9.93. The van der Waals surface area contributed by atoms with Crippen LogP contribution in [0.5, 0.6) is 0 Å². The number of amides is 1. The molecule has 1 N–H and O–H groups in total. The minimum atomic E-state index is 0.0723. The van der Waals surface area contributed by atoms with Gasteiger partial charge in [0, 0.05) is 38.2 Å². The van der Waals surface area contributed by atoms with Crippen LogP contribution >= 0.6 is 0 Å². The van der Waals surface area contributed by atoms with Crippen molar-refractivity contribution in [3.63, 3.8) is 0 Å². The standard InChI is InChI=1S/C18H26N6O/c1-3-23-12-14(11-21-23)17(25)24(13-16-20-8-9-22(16)2)15-10-18(15)4-6-19-7-5-18/h8-9,11-12,15,19H,3-7,10,13H2,1-2H3/t15-/m0/s1. The number of carbonyl (C=O) groups excluding carboxylic acids is 1. The van der Waals surface area contributed by atoms with Crippen molar-refractivity contribution >= 4 is 5.91 Å². The van der Waals surface area contributed by atoms with E-state index in [1.165, 1.54) is 0 Å². The average molecular weight is 342 g/mol. The summed E-state index contributed by atoms with van der Waals surface area (Å²) in [5.74, 6) is 0.996. The zero-order valence-corrected chi connectivity index (χ0v) is 15.0. The van der Waals surface area contributed by atoms with Crippen LogP contribution in [-0.2, 0) is 20.1 Å². The Kier molecular flexibility index (Phi) is 4.11. The second-order valence-corrected chi connectivity index (χ2v) is 7.30. The number of hydrogen-bond acceptors (Lipinski definition) is 4. The van der Waals surface area contributed by atoms with Crippen molar-refractivity contribution in [2.45, 2.75) is 45.3 Å². The first-order chi connectivity index (χ1) is 12.1. The van der Waals surface area contributed by atoms with Crippen molar-refractivity contribution < 1.29 is 4.79 Å². The highest BCUT2D eigenvalue weighted by atomic mass is 16.2. The SMILES string of the molecule is CCn1cc(C(=O)N(Cc2nccn2C)[C@H]2CC23CCNCC3)cn1. The molecule has 0 radical (unpaired) electrons. The van der Waals surface area contributed by atoms with E-state index in [0.29, 0.717) is 23.6 Å². The highest BCUT2D eigenvalue weighted by Gasteiger charge is 2.58. The Labute approximate surface area is 148 Å². The van der Waals surface area contributed by atoms with Gasteiger partial charge in [-0.05, 0) is 44.7 Å². The van der Waals surface area contributed by atoms with Gasteiger partial charge < -0.3 is 14.8 Å². The summed E-state index contributed by atoms with van der Waals surface area (Å²) in [7, 11) is 1.98. The molecule has 2 aromatic heterocycles. The maximum Gasteiger partial charge on any atom is 0.257 e. The molecule has 2 aliphatic rings. The maximum absolute atomic E-state index is 13.2. The molecule has 2 aromatic rings. The van der Waals surface area contributed by atoms with Crippen molar-refractivity contribution in [1.29, 1.82) is 0 Å². The number of piperidine rings is 1. The predicted molar refractivity (Wildman–Crippen MR) is 93.9 cm³/mol. The molecule has 7 nitrogen and oxygen atoms in total. The lowest BCUT2D eigenvalue weighted by molar-refractivity contribution is 0.0685. The summed E-state index contributed by atoms with van der Waals surface area (Å²) in [5, 5.41) is 7.71. The third-order valence-corrected chi connectivity index (χ3v) is 5.82. The van der Waals surface area contributed by atoms with E-state index in [-0.39, 0.29) is 5.91 Å². The molecular formula is C18H26N6O. The second-order valence-electron chi connectivity index (χ2n) is 7.30. The zero-order chi connectivity index (χ0) is 17.4. The van der Waals surface area contributed by atoms with Crippen LogP contribution in [0.15, 0.2) is 24.8 Å². The van der Waals surface area contributed by atoms with E-state index in [1.807, 2.05) is 35.8 Å². The quantitative estimate of drug-likeness (QED) is 0.892. The maximum atomic E-state index is 13.2. The number of aromatic nitrogens is 4. The molecule has 3 heterocycles. The molecule has 25 heavy (non-hydrogen) atoms. The molecule has 2 fully saturated rings. The van der Waals surface area contributed by atoms with E-state index < -0.39 is 0 Å². The van der Waals surface area contributed by atoms with Crippen LogP contribution in [0.1, 0.15) is 42.4 Å². The fourth-order valence-electron chi connectivity index (χ4n) is 4.07. The Morgan fingerprint density at radius 2 is 2.24 bits per heavy atom. The fourth-order valence-corrected chi connectivity index (χ4v) is 4.07. The Morgan fingerprint density at radius 1 is 1.44 bits per heavy atom. The number of nitrogens with zero attached hydrogens (tertiary/aromatic N) is 5. The molecule has 1 saturated heterocycles. The molecule has 0 aromatic carbocycles. The summed E-state index contributed by atoms with van der Waals surface area (Å²) in [5.41, 5.74) is 0.972. The van der Waals surface area contributed by atoms with E-state index in [2.05, 4.69) is 15.4 Å². The fraction of sp³-hybridized carbons (Fsp3) is 0.611. The number of hydrogen-bond donors (Lipinski definition) is 1. The topological polar surface area (TPSA) is 68.0 Å². The Hall–Kier alpha value is -2.15. The van der Waals surface area contributed by atoms with Crippen molar-refractivity contribution in [2.75, 3.05) is 13.1 Å². The van der Waals surface area contributed by atoms with Gasteiger partial charge in [-0.1, -0.05) is 0 Å². The third-order valence-electron chi connectivity index (χ3n) is 5.82. The second kappa shape index (κ2) is 6.29. The van der Waals surface area contributed by atoms with E-state index in [0.717, 1.165) is 44.7 Å². The summed E-state index contributed by atoms with van der Waals surface area (Å²) in [6, 6.07) is 0.309. The van der Waals surface area contributed by atoms with Gasteiger partial charge >= 0.3 is 0 Å². The summed E-state index contributed by atoms with van der Waals surface area (Å²) < 4.78 is 3.80. The number of rotatable bonds is 5. The molecule has 1 aliphatic heterocycles. The molecule has 1 spiro atoms. The van der Waals surface area contributed by atoms with Crippen LogP contribution in [0.2, 0.25) is 0 Å². The predicted octanol–water partition coefficient (Wildman–Crippen LogP) is 1.42. The van der Waals surface area contributed by atoms with Gasteiger partial charge in [0.1, 0.15) is 5.82 Å².